The van der Waals surface area contributed by atoms with Crippen molar-refractivity contribution in [2.75, 3.05) is 19.6 Å². The lowest BCUT2D eigenvalue weighted by Gasteiger charge is -2.41. The molecule has 1 unspecified atom stereocenters. The fourth-order valence-corrected chi connectivity index (χ4v) is 3.88. The van der Waals surface area contributed by atoms with Crippen LogP contribution in [-0.2, 0) is 0 Å². The first-order valence-electron chi connectivity index (χ1n) is 7.57. The Kier molecular flexibility index (Phi) is 5.26. The summed E-state index contributed by atoms with van der Waals surface area (Å²) in [5.74, 6) is -0.515. The molecule has 0 aromatic heterocycles. The van der Waals surface area contributed by atoms with E-state index in [-0.39, 0.29) is 19.0 Å². The van der Waals surface area contributed by atoms with Gasteiger partial charge in [0.2, 0.25) is 0 Å². The van der Waals surface area contributed by atoms with Gasteiger partial charge in [-0.2, -0.15) is 13.2 Å². The number of nitrogens with zero attached hydrogens (tertiary/aromatic N) is 1. The highest BCUT2D eigenvalue weighted by molar-refractivity contribution is 5.94. The molecule has 1 amide bonds. The van der Waals surface area contributed by atoms with Gasteiger partial charge in [0.1, 0.15) is 6.04 Å². The first-order chi connectivity index (χ1) is 10.4. The molecule has 0 aliphatic carbocycles. The monoisotopic (exact) mass is 348 g/mol. The zero-order valence-corrected chi connectivity index (χ0v) is 13.4. The SMILES string of the molecule is Cl.O=C(c1ccccc1)N1CCC2(CCNCC2)C1C(F)(F)F. The minimum absolute atomic E-state index is 0. The second kappa shape index (κ2) is 6.69. The van der Waals surface area contributed by atoms with Crippen LogP contribution in [0.3, 0.4) is 0 Å². The van der Waals surface area contributed by atoms with E-state index in [4.69, 9.17) is 0 Å². The number of hydrogen-bond donors (Lipinski definition) is 1. The van der Waals surface area contributed by atoms with Gasteiger partial charge in [0, 0.05) is 17.5 Å². The molecule has 0 bridgehead atoms. The average molecular weight is 349 g/mol. The van der Waals surface area contributed by atoms with Crippen LogP contribution in [0.4, 0.5) is 13.2 Å². The molecule has 2 aliphatic rings. The van der Waals surface area contributed by atoms with Crippen LogP contribution in [0.2, 0.25) is 0 Å². The van der Waals surface area contributed by atoms with Gasteiger partial charge >= 0.3 is 6.18 Å². The third kappa shape index (κ3) is 3.33. The lowest BCUT2D eigenvalue weighted by Crippen LogP contribution is -2.54. The van der Waals surface area contributed by atoms with Crippen molar-refractivity contribution < 1.29 is 18.0 Å². The molecule has 1 spiro atoms. The summed E-state index contributed by atoms with van der Waals surface area (Å²) >= 11 is 0. The number of alkyl halides is 3. The summed E-state index contributed by atoms with van der Waals surface area (Å²) in [6.07, 6.45) is -3.03. The smallest absolute Gasteiger partial charge is 0.326 e. The lowest BCUT2D eigenvalue weighted by atomic mass is 9.72. The number of amides is 1. The van der Waals surface area contributed by atoms with E-state index in [0.717, 1.165) is 4.90 Å². The Balaban J connectivity index is 0.00000192. The van der Waals surface area contributed by atoms with E-state index >= 15 is 0 Å². The number of hydrogen-bond acceptors (Lipinski definition) is 2. The van der Waals surface area contributed by atoms with E-state index in [1.54, 1.807) is 30.3 Å². The zero-order valence-electron chi connectivity index (χ0n) is 12.6. The molecule has 1 aromatic rings. The summed E-state index contributed by atoms with van der Waals surface area (Å²) < 4.78 is 41.1. The van der Waals surface area contributed by atoms with E-state index < -0.39 is 23.5 Å². The van der Waals surface area contributed by atoms with Gasteiger partial charge in [0.05, 0.1) is 0 Å². The van der Waals surface area contributed by atoms with E-state index in [0.29, 0.717) is 37.9 Å². The van der Waals surface area contributed by atoms with Gasteiger partial charge < -0.3 is 10.2 Å². The Morgan fingerprint density at radius 2 is 1.74 bits per heavy atom. The quantitative estimate of drug-likeness (QED) is 0.845. The van der Waals surface area contributed by atoms with Gasteiger partial charge in [-0.05, 0) is 44.5 Å². The van der Waals surface area contributed by atoms with Gasteiger partial charge in [-0.1, -0.05) is 18.2 Å². The third-order valence-electron chi connectivity index (χ3n) is 4.93. The number of rotatable bonds is 1. The number of carbonyl (C=O) groups excluding carboxylic acids is 1. The highest BCUT2D eigenvalue weighted by Gasteiger charge is 2.60. The maximum absolute atomic E-state index is 13.7. The van der Waals surface area contributed by atoms with E-state index in [9.17, 15) is 18.0 Å². The molecule has 2 fully saturated rings. The summed E-state index contributed by atoms with van der Waals surface area (Å²) in [7, 11) is 0. The normalized spacial score (nSPS) is 23.6. The van der Waals surface area contributed by atoms with Crippen LogP contribution in [0.15, 0.2) is 30.3 Å². The standard InChI is InChI=1S/C16H19F3N2O.ClH/c17-16(18,19)14-15(6-9-20-10-7-15)8-11-21(14)13(22)12-4-2-1-3-5-12;/h1-5,14,20H,6-11H2;1H. The zero-order chi connectivity index (χ0) is 15.8. The van der Waals surface area contributed by atoms with Crippen LogP contribution in [0.5, 0.6) is 0 Å². The Morgan fingerprint density at radius 3 is 2.30 bits per heavy atom. The van der Waals surface area contributed by atoms with Crippen molar-refractivity contribution in [3.05, 3.63) is 35.9 Å². The van der Waals surface area contributed by atoms with Gasteiger partial charge in [-0.25, -0.2) is 0 Å². The molecule has 1 atom stereocenters. The Morgan fingerprint density at radius 1 is 1.13 bits per heavy atom. The molecule has 2 heterocycles. The molecule has 3 nitrogen and oxygen atoms in total. The van der Waals surface area contributed by atoms with Crippen molar-refractivity contribution in [3.8, 4) is 0 Å². The third-order valence-corrected chi connectivity index (χ3v) is 4.93. The molecule has 1 aromatic carbocycles. The highest BCUT2D eigenvalue weighted by atomic mass is 35.5. The van der Waals surface area contributed by atoms with Crippen molar-refractivity contribution in [2.24, 2.45) is 5.41 Å². The van der Waals surface area contributed by atoms with E-state index in [1.807, 2.05) is 0 Å². The minimum Gasteiger partial charge on any atom is -0.326 e. The van der Waals surface area contributed by atoms with Crippen molar-refractivity contribution in [1.82, 2.24) is 10.2 Å². The largest absolute Gasteiger partial charge is 0.409 e. The second-order valence-corrected chi connectivity index (χ2v) is 6.17. The molecule has 0 radical (unpaired) electrons. The highest BCUT2D eigenvalue weighted by Crippen LogP contribution is 2.50. The lowest BCUT2D eigenvalue weighted by molar-refractivity contribution is -0.196. The molecule has 23 heavy (non-hydrogen) atoms. The van der Waals surface area contributed by atoms with Crippen LogP contribution in [0.1, 0.15) is 29.6 Å². The Labute approximate surface area is 139 Å². The van der Waals surface area contributed by atoms with Gasteiger partial charge in [0.15, 0.2) is 0 Å². The maximum atomic E-state index is 13.7. The predicted octanol–water partition coefficient (Wildman–Crippen LogP) is 3.26. The van der Waals surface area contributed by atoms with Crippen LogP contribution < -0.4 is 5.32 Å². The van der Waals surface area contributed by atoms with E-state index in [1.165, 1.54) is 0 Å². The molecular weight excluding hydrogens is 329 g/mol. The first-order valence-corrected chi connectivity index (χ1v) is 7.57. The van der Waals surface area contributed by atoms with Crippen molar-refractivity contribution >= 4 is 18.3 Å². The Hall–Kier alpha value is -1.27. The van der Waals surface area contributed by atoms with Crippen molar-refractivity contribution in [1.29, 1.82) is 0 Å². The fourth-order valence-electron chi connectivity index (χ4n) is 3.88. The molecule has 7 heteroatoms. The molecular formula is C16H20ClF3N2O. The number of nitrogens with one attached hydrogen (secondary N) is 1. The molecule has 2 saturated heterocycles. The van der Waals surface area contributed by atoms with E-state index in [2.05, 4.69) is 5.32 Å². The minimum atomic E-state index is -4.39. The van der Waals surface area contributed by atoms with Crippen LogP contribution >= 0.6 is 12.4 Å². The van der Waals surface area contributed by atoms with Gasteiger partial charge in [-0.3, -0.25) is 4.79 Å². The maximum Gasteiger partial charge on any atom is 0.409 e. The number of piperidine rings is 1. The molecule has 1 N–H and O–H groups in total. The second-order valence-electron chi connectivity index (χ2n) is 6.17. The Bertz CT molecular complexity index is 544. The van der Waals surface area contributed by atoms with Crippen LogP contribution in [0.25, 0.3) is 0 Å². The molecule has 128 valence electrons. The van der Waals surface area contributed by atoms with Gasteiger partial charge in [-0.15, -0.1) is 12.4 Å². The fraction of sp³-hybridized carbons (Fsp3) is 0.562. The number of carbonyl (C=O) groups is 1. The molecule has 0 saturated carbocycles. The van der Waals surface area contributed by atoms with Crippen LogP contribution in [0, 0.1) is 5.41 Å². The predicted molar refractivity (Wildman–Crippen MR) is 83.7 cm³/mol. The van der Waals surface area contributed by atoms with Crippen molar-refractivity contribution in [3.63, 3.8) is 0 Å². The summed E-state index contributed by atoms with van der Waals surface area (Å²) in [6, 6.07) is 6.57. The topological polar surface area (TPSA) is 32.3 Å². The number of likely N-dealkylation sites (tertiary alicyclic amines) is 1. The average Bonchev–Trinajstić information content (AvgIpc) is 2.87. The first kappa shape index (κ1) is 18.1. The number of benzene rings is 1. The summed E-state index contributed by atoms with van der Waals surface area (Å²) in [6.45, 7) is 1.35. The molecule has 3 rings (SSSR count). The molecule has 2 aliphatic heterocycles. The summed E-state index contributed by atoms with van der Waals surface area (Å²) in [5, 5.41) is 3.11. The van der Waals surface area contributed by atoms with Crippen LogP contribution in [-0.4, -0.2) is 42.7 Å². The number of halogens is 4. The summed E-state index contributed by atoms with van der Waals surface area (Å²) in [4.78, 5) is 13.6. The van der Waals surface area contributed by atoms with Crippen molar-refractivity contribution in [2.45, 2.75) is 31.5 Å². The van der Waals surface area contributed by atoms with Gasteiger partial charge in [0.25, 0.3) is 5.91 Å². The summed E-state index contributed by atoms with van der Waals surface area (Å²) in [5.41, 5.74) is -0.503.